The van der Waals surface area contributed by atoms with Crippen LogP contribution in [0.3, 0.4) is 0 Å². The van der Waals surface area contributed by atoms with E-state index < -0.39 is 0 Å². The molecule has 0 radical (unpaired) electrons. The zero-order valence-corrected chi connectivity index (χ0v) is 12.3. The second kappa shape index (κ2) is 6.68. The minimum atomic E-state index is -0.354. The molecule has 1 aromatic rings. The lowest BCUT2D eigenvalue weighted by Gasteiger charge is -2.26. The average Bonchev–Trinajstić information content (AvgIpc) is 2.40. The summed E-state index contributed by atoms with van der Waals surface area (Å²) in [7, 11) is 0. The smallest absolute Gasteiger partial charge is 0.314 e. The molecule has 1 aliphatic rings. The minimum Gasteiger partial charge on any atom is -0.364 e. The Labute approximate surface area is 119 Å². The molecule has 20 heavy (non-hydrogen) atoms. The number of nitro groups is 1. The molecule has 2 rings (SSSR count). The normalized spacial score (nSPS) is 22.5. The zero-order chi connectivity index (χ0) is 14.5. The summed E-state index contributed by atoms with van der Waals surface area (Å²) in [6.07, 6.45) is 7.88. The first-order chi connectivity index (χ1) is 9.58. The highest BCUT2D eigenvalue weighted by atomic mass is 16.6. The van der Waals surface area contributed by atoms with Crippen LogP contribution in [0.25, 0.3) is 0 Å². The molecular formula is C15H23N3O2. The van der Waals surface area contributed by atoms with Crippen molar-refractivity contribution in [1.29, 1.82) is 0 Å². The third-order valence-electron chi connectivity index (χ3n) is 4.29. The number of hydrogen-bond acceptors (Lipinski definition) is 4. The van der Waals surface area contributed by atoms with Crippen LogP contribution in [0, 0.1) is 28.9 Å². The van der Waals surface area contributed by atoms with Crippen LogP contribution in [0.2, 0.25) is 0 Å². The predicted molar refractivity (Wildman–Crippen MR) is 79.9 cm³/mol. The minimum absolute atomic E-state index is 0.102. The van der Waals surface area contributed by atoms with Crippen molar-refractivity contribution in [2.75, 3.05) is 11.9 Å². The molecule has 0 aromatic carbocycles. The van der Waals surface area contributed by atoms with E-state index in [2.05, 4.69) is 17.2 Å². The Morgan fingerprint density at radius 1 is 1.40 bits per heavy atom. The Morgan fingerprint density at radius 2 is 2.10 bits per heavy atom. The lowest BCUT2D eigenvalue weighted by Crippen LogP contribution is -2.16. The summed E-state index contributed by atoms with van der Waals surface area (Å²) >= 11 is 0. The third kappa shape index (κ3) is 3.68. The first kappa shape index (κ1) is 14.8. The molecule has 0 bridgehead atoms. The van der Waals surface area contributed by atoms with Crippen LogP contribution in [0.4, 0.5) is 11.5 Å². The van der Waals surface area contributed by atoms with Crippen molar-refractivity contribution >= 4 is 11.5 Å². The summed E-state index contributed by atoms with van der Waals surface area (Å²) in [6.45, 7) is 4.82. The summed E-state index contributed by atoms with van der Waals surface area (Å²) in [5.41, 5.74) is 0.753. The average molecular weight is 277 g/mol. The largest absolute Gasteiger partial charge is 0.364 e. The van der Waals surface area contributed by atoms with Crippen LogP contribution in [-0.2, 0) is 0 Å². The number of aryl methyl sites for hydroxylation is 1. The van der Waals surface area contributed by atoms with E-state index in [9.17, 15) is 10.1 Å². The Balaban J connectivity index is 1.88. The molecule has 1 saturated carbocycles. The molecule has 5 nitrogen and oxygen atoms in total. The third-order valence-corrected chi connectivity index (χ3v) is 4.29. The van der Waals surface area contributed by atoms with Gasteiger partial charge in [0.15, 0.2) is 0 Å². The van der Waals surface area contributed by atoms with E-state index in [0.29, 0.717) is 11.4 Å². The van der Waals surface area contributed by atoms with Crippen molar-refractivity contribution < 1.29 is 4.92 Å². The molecule has 1 fully saturated rings. The van der Waals surface area contributed by atoms with E-state index in [1.807, 2.05) is 0 Å². The van der Waals surface area contributed by atoms with E-state index >= 15 is 0 Å². The molecule has 0 spiro atoms. The Kier molecular flexibility index (Phi) is 4.93. The van der Waals surface area contributed by atoms with Gasteiger partial charge in [0.1, 0.15) is 0 Å². The van der Waals surface area contributed by atoms with Gasteiger partial charge in [-0.1, -0.05) is 32.6 Å². The fourth-order valence-corrected chi connectivity index (χ4v) is 2.92. The van der Waals surface area contributed by atoms with Gasteiger partial charge in [-0.3, -0.25) is 10.1 Å². The van der Waals surface area contributed by atoms with Gasteiger partial charge in [-0.25, -0.2) is 4.98 Å². The maximum atomic E-state index is 11.1. The number of hydrogen-bond donors (Lipinski definition) is 1. The topological polar surface area (TPSA) is 68.1 Å². The number of pyridine rings is 1. The van der Waals surface area contributed by atoms with E-state index in [0.717, 1.165) is 24.8 Å². The van der Waals surface area contributed by atoms with Crippen LogP contribution in [0.1, 0.15) is 44.6 Å². The predicted octanol–water partition coefficient (Wildman–Crippen LogP) is 3.93. The molecule has 1 aromatic heterocycles. The number of nitrogens with zero attached hydrogens (tertiary/aromatic N) is 2. The quantitative estimate of drug-likeness (QED) is 0.654. The molecular weight excluding hydrogens is 254 g/mol. The van der Waals surface area contributed by atoms with Crippen LogP contribution >= 0.6 is 0 Å². The van der Waals surface area contributed by atoms with Crippen molar-refractivity contribution in [2.45, 2.75) is 46.0 Å². The fraction of sp³-hybridized carbons (Fsp3) is 0.667. The van der Waals surface area contributed by atoms with E-state index in [4.69, 9.17) is 0 Å². The first-order valence-corrected chi connectivity index (χ1v) is 7.41. The molecule has 5 heteroatoms. The van der Waals surface area contributed by atoms with Crippen LogP contribution in [-0.4, -0.2) is 16.5 Å². The van der Waals surface area contributed by atoms with Gasteiger partial charge >= 0.3 is 5.69 Å². The molecule has 0 unspecified atom stereocenters. The van der Waals surface area contributed by atoms with Crippen molar-refractivity contribution in [1.82, 2.24) is 4.98 Å². The SMILES string of the molecule is Cc1ccnc(NCCC2CCC(C)CC2)c1[N+](=O)[O-]. The van der Waals surface area contributed by atoms with Crippen LogP contribution in [0.15, 0.2) is 12.3 Å². The maximum Gasteiger partial charge on any atom is 0.314 e. The summed E-state index contributed by atoms with van der Waals surface area (Å²) in [5, 5.41) is 14.2. The standard InChI is InChI=1S/C15H23N3O2/c1-11-3-5-13(6-4-11)8-10-17-15-14(18(19)20)12(2)7-9-16-15/h7,9,11,13H,3-6,8,10H2,1-2H3,(H,16,17). The van der Waals surface area contributed by atoms with Crippen LogP contribution in [0.5, 0.6) is 0 Å². The highest BCUT2D eigenvalue weighted by Crippen LogP contribution is 2.31. The van der Waals surface area contributed by atoms with Crippen molar-refractivity contribution in [3.8, 4) is 0 Å². The molecule has 1 aliphatic carbocycles. The number of aromatic nitrogens is 1. The van der Waals surface area contributed by atoms with Gasteiger partial charge in [-0.15, -0.1) is 0 Å². The van der Waals surface area contributed by atoms with Gasteiger partial charge in [-0.05, 0) is 31.2 Å². The second-order valence-corrected chi connectivity index (χ2v) is 5.92. The highest BCUT2D eigenvalue weighted by Gasteiger charge is 2.20. The highest BCUT2D eigenvalue weighted by molar-refractivity contribution is 5.59. The van der Waals surface area contributed by atoms with Gasteiger partial charge < -0.3 is 5.32 Å². The molecule has 0 amide bonds. The van der Waals surface area contributed by atoms with E-state index in [1.165, 1.54) is 25.7 Å². The molecule has 0 aliphatic heterocycles. The molecule has 1 heterocycles. The van der Waals surface area contributed by atoms with Crippen molar-refractivity contribution in [3.63, 3.8) is 0 Å². The molecule has 0 saturated heterocycles. The van der Waals surface area contributed by atoms with Gasteiger partial charge in [0.25, 0.3) is 0 Å². The van der Waals surface area contributed by atoms with Crippen molar-refractivity contribution in [3.05, 3.63) is 27.9 Å². The summed E-state index contributed by atoms with van der Waals surface area (Å²) < 4.78 is 0. The van der Waals surface area contributed by atoms with Crippen LogP contribution < -0.4 is 5.32 Å². The van der Waals surface area contributed by atoms with E-state index in [1.54, 1.807) is 19.2 Å². The lowest BCUT2D eigenvalue weighted by molar-refractivity contribution is -0.384. The number of rotatable bonds is 5. The Morgan fingerprint density at radius 3 is 2.75 bits per heavy atom. The summed E-state index contributed by atoms with van der Waals surface area (Å²) in [6, 6.07) is 1.67. The lowest BCUT2D eigenvalue weighted by atomic mass is 9.81. The Hall–Kier alpha value is -1.65. The zero-order valence-electron chi connectivity index (χ0n) is 12.3. The van der Waals surface area contributed by atoms with Crippen molar-refractivity contribution in [2.24, 2.45) is 11.8 Å². The molecule has 1 N–H and O–H groups in total. The van der Waals surface area contributed by atoms with Gasteiger partial charge in [0.2, 0.25) is 5.82 Å². The molecule has 110 valence electrons. The second-order valence-electron chi connectivity index (χ2n) is 5.92. The van der Waals surface area contributed by atoms with Gasteiger partial charge in [0, 0.05) is 18.3 Å². The summed E-state index contributed by atoms with van der Waals surface area (Å²) in [4.78, 5) is 14.8. The van der Waals surface area contributed by atoms with Gasteiger partial charge in [-0.2, -0.15) is 0 Å². The molecule has 0 atom stereocenters. The summed E-state index contributed by atoms with van der Waals surface area (Å²) in [5.74, 6) is 2.01. The first-order valence-electron chi connectivity index (χ1n) is 7.41. The van der Waals surface area contributed by atoms with Gasteiger partial charge in [0.05, 0.1) is 4.92 Å². The number of anilines is 1. The van der Waals surface area contributed by atoms with E-state index in [-0.39, 0.29) is 10.6 Å². The number of nitrogens with one attached hydrogen (secondary N) is 1. The monoisotopic (exact) mass is 277 g/mol. The Bertz CT molecular complexity index is 468. The fourth-order valence-electron chi connectivity index (χ4n) is 2.92. The maximum absolute atomic E-state index is 11.1.